The van der Waals surface area contributed by atoms with Gasteiger partial charge in [-0.2, -0.15) is 13.2 Å². The Hall–Kier alpha value is -0.780. The molecule has 0 bridgehead atoms. The van der Waals surface area contributed by atoms with E-state index in [0.29, 0.717) is 10.2 Å². The Kier molecular flexibility index (Phi) is 4.58. The van der Waals surface area contributed by atoms with E-state index in [1.54, 1.807) is 0 Å². The first-order valence-corrected chi connectivity index (χ1v) is 5.32. The summed E-state index contributed by atoms with van der Waals surface area (Å²) in [4.78, 5) is 0. The fourth-order valence-electron chi connectivity index (χ4n) is 1.05. The molecule has 0 N–H and O–H groups in total. The lowest BCUT2D eigenvalue weighted by atomic mass is 10.3. The van der Waals surface area contributed by atoms with Gasteiger partial charge >= 0.3 is 6.18 Å². The first kappa shape index (κ1) is 13.3. The Morgan fingerprint density at radius 1 is 1.25 bits per heavy atom. The molecule has 0 atom stereocenters. The monoisotopic (exact) mass is 300 g/mol. The molecule has 0 radical (unpaired) electrons. The van der Waals surface area contributed by atoms with Gasteiger partial charge in [-0.15, -0.1) is 0 Å². The van der Waals surface area contributed by atoms with Crippen molar-refractivity contribution in [1.82, 2.24) is 0 Å². The summed E-state index contributed by atoms with van der Waals surface area (Å²) in [5.74, 6) is -0.0990. The highest BCUT2D eigenvalue weighted by Gasteiger charge is 2.26. The van der Waals surface area contributed by atoms with Gasteiger partial charge in [0.05, 0.1) is 11.1 Å². The summed E-state index contributed by atoms with van der Waals surface area (Å²) in [5, 5.41) is 0. The van der Waals surface area contributed by atoms with Crippen LogP contribution in [0.2, 0.25) is 0 Å². The molecule has 1 rings (SSSR count). The van der Waals surface area contributed by atoms with Crippen LogP contribution in [0.25, 0.3) is 0 Å². The largest absolute Gasteiger partial charge is 0.492 e. The van der Waals surface area contributed by atoms with Crippen molar-refractivity contribution in [3.05, 3.63) is 28.5 Å². The van der Waals surface area contributed by atoms with E-state index in [2.05, 4.69) is 15.9 Å². The third-order valence-corrected chi connectivity index (χ3v) is 2.38. The highest BCUT2D eigenvalue weighted by Crippen LogP contribution is 2.26. The third-order valence-electron chi connectivity index (χ3n) is 1.76. The lowest BCUT2D eigenvalue weighted by Gasteiger charge is -2.09. The third kappa shape index (κ3) is 4.83. The predicted octanol–water partition coefficient (Wildman–Crippen LogP) is 4.31. The van der Waals surface area contributed by atoms with E-state index in [4.69, 9.17) is 4.74 Å². The van der Waals surface area contributed by atoms with Gasteiger partial charge in [-0.05, 0) is 40.5 Å². The van der Waals surface area contributed by atoms with Crippen LogP contribution in [0.5, 0.6) is 5.75 Å². The topological polar surface area (TPSA) is 9.23 Å². The minimum Gasteiger partial charge on any atom is -0.492 e. The average Bonchev–Trinajstić information content (AvgIpc) is 2.13. The van der Waals surface area contributed by atoms with Gasteiger partial charge in [0.1, 0.15) is 11.6 Å². The van der Waals surface area contributed by atoms with Gasteiger partial charge in [0, 0.05) is 6.42 Å². The van der Waals surface area contributed by atoms with Crippen LogP contribution < -0.4 is 4.74 Å². The van der Waals surface area contributed by atoms with Crippen molar-refractivity contribution in [2.75, 3.05) is 6.61 Å². The SMILES string of the molecule is Fc1ccc(OCCCC(F)(F)F)c(Br)c1. The Bertz CT molecular complexity index is 351. The summed E-state index contributed by atoms with van der Waals surface area (Å²) in [5.41, 5.74) is 0. The number of hydrogen-bond donors (Lipinski definition) is 0. The molecule has 1 nitrogen and oxygen atoms in total. The van der Waals surface area contributed by atoms with E-state index in [1.165, 1.54) is 18.2 Å². The molecule has 0 aliphatic rings. The van der Waals surface area contributed by atoms with Crippen molar-refractivity contribution in [3.63, 3.8) is 0 Å². The molecule has 90 valence electrons. The molecule has 16 heavy (non-hydrogen) atoms. The lowest BCUT2D eigenvalue weighted by molar-refractivity contribution is -0.136. The maximum absolute atomic E-state index is 12.7. The first-order chi connectivity index (χ1) is 7.38. The number of ether oxygens (including phenoxy) is 1. The minimum absolute atomic E-state index is 0.0518. The first-order valence-electron chi connectivity index (χ1n) is 4.53. The van der Waals surface area contributed by atoms with E-state index < -0.39 is 18.4 Å². The van der Waals surface area contributed by atoms with Crippen molar-refractivity contribution in [2.45, 2.75) is 19.0 Å². The van der Waals surface area contributed by atoms with Crippen LogP contribution in [-0.2, 0) is 0 Å². The van der Waals surface area contributed by atoms with Gasteiger partial charge in [0.25, 0.3) is 0 Å². The number of hydrogen-bond acceptors (Lipinski definition) is 1. The second-order valence-electron chi connectivity index (χ2n) is 3.14. The Balaban J connectivity index is 2.38. The molecule has 0 unspecified atom stereocenters. The van der Waals surface area contributed by atoms with Crippen LogP contribution in [0.3, 0.4) is 0 Å². The molecular weight excluding hydrogens is 292 g/mol. The molecule has 0 heterocycles. The van der Waals surface area contributed by atoms with Crippen LogP contribution in [0.4, 0.5) is 17.6 Å². The van der Waals surface area contributed by atoms with E-state index >= 15 is 0 Å². The van der Waals surface area contributed by atoms with Crippen molar-refractivity contribution in [1.29, 1.82) is 0 Å². The van der Waals surface area contributed by atoms with Gasteiger partial charge in [0.15, 0.2) is 0 Å². The summed E-state index contributed by atoms with van der Waals surface area (Å²) in [7, 11) is 0. The predicted molar refractivity (Wildman–Crippen MR) is 54.9 cm³/mol. The van der Waals surface area contributed by atoms with Crippen LogP contribution >= 0.6 is 15.9 Å². The molecule has 0 saturated heterocycles. The number of halogens is 5. The fraction of sp³-hybridized carbons (Fsp3) is 0.400. The van der Waals surface area contributed by atoms with E-state index in [-0.39, 0.29) is 13.0 Å². The molecule has 1 aromatic rings. The van der Waals surface area contributed by atoms with Crippen molar-refractivity contribution >= 4 is 15.9 Å². The molecular formula is C10H9BrF4O. The quantitative estimate of drug-likeness (QED) is 0.595. The van der Waals surface area contributed by atoms with Gasteiger partial charge in [-0.3, -0.25) is 0 Å². The molecule has 0 saturated carbocycles. The number of alkyl halides is 3. The van der Waals surface area contributed by atoms with Gasteiger partial charge < -0.3 is 4.74 Å². The van der Waals surface area contributed by atoms with Crippen LogP contribution in [0.15, 0.2) is 22.7 Å². The van der Waals surface area contributed by atoms with Gasteiger partial charge in [-0.25, -0.2) is 4.39 Å². The normalized spacial score (nSPS) is 11.6. The zero-order valence-electron chi connectivity index (χ0n) is 8.15. The Labute approximate surface area is 98.5 Å². The van der Waals surface area contributed by atoms with Crippen LogP contribution in [-0.4, -0.2) is 12.8 Å². The van der Waals surface area contributed by atoms with Crippen molar-refractivity contribution in [3.8, 4) is 5.75 Å². The van der Waals surface area contributed by atoms with E-state index in [9.17, 15) is 17.6 Å². The molecule has 0 amide bonds. The second-order valence-corrected chi connectivity index (χ2v) is 4.00. The zero-order valence-corrected chi connectivity index (χ0v) is 9.74. The molecule has 0 aromatic heterocycles. The maximum Gasteiger partial charge on any atom is 0.389 e. The summed E-state index contributed by atoms with van der Waals surface area (Å²) in [6.07, 6.45) is -5.16. The molecule has 1 aromatic carbocycles. The van der Waals surface area contributed by atoms with Crippen molar-refractivity contribution < 1.29 is 22.3 Å². The second kappa shape index (κ2) is 5.52. The number of rotatable bonds is 4. The number of benzene rings is 1. The highest BCUT2D eigenvalue weighted by atomic mass is 79.9. The van der Waals surface area contributed by atoms with E-state index in [0.717, 1.165) is 0 Å². The standard InChI is InChI=1S/C10H9BrF4O/c11-8-6-7(12)2-3-9(8)16-5-1-4-10(13,14)15/h2-3,6H,1,4-5H2. The molecule has 0 fully saturated rings. The Morgan fingerprint density at radius 2 is 1.94 bits per heavy atom. The molecule has 0 aliphatic carbocycles. The highest BCUT2D eigenvalue weighted by molar-refractivity contribution is 9.10. The Morgan fingerprint density at radius 3 is 2.50 bits per heavy atom. The van der Waals surface area contributed by atoms with Gasteiger partial charge in [0.2, 0.25) is 0 Å². The lowest BCUT2D eigenvalue weighted by Crippen LogP contribution is -2.09. The van der Waals surface area contributed by atoms with Crippen molar-refractivity contribution in [2.24, 2.45) is 0 Å². The summed E-state index contributed by atoms with van der Waals surface area (Å²) in [6, 6.07) is 3.75. The van der Waals surface area contributed by atoms with Crippen LogP contribution in [0.1, 0.15) is 12.8 Å². The summed E-state index contributed by atoms with van der Waals surface area (Å²) >= 11 is 3.05. The van der Waals surface area contributed by atoms with Gasteiger partial charge in [-0.1, -0.05) is 0 Å². The van der Waals surface area contributed by atoms with E-state index in [1.807, 2.05) is 0 Å². The summed E-state index contributed by atoms with van der Waals surface area (Å²) in [6.45, 7) is -0.0518. The maximum atomic E-state index is 12.7. The average molecular weight is 301 g/mol. The minimum atomic E-state index is -4.16. The molecule has 0 spiro atoms. The zero-order chi connectivity index (χ0) is 12.2. The molecule has 0 aliphatic heterocycles. The smallest absolute Gasteiger partial charge is 0.389 e. The molecule has 6 heteroatoms. The fourth-order valence-corrected chi connectivity index (χ4v) is 1.51. The summed E-state index contributed by atoms with van der Waals surface area (Å²) < 4.78 is 53.5. The van der Waals surface area contributed by atoms with Crippen LogP contribution in [0, 0.1) is 5.82 Å².